The summed E-state index contributed by atoms with van der Waals surface area (Å²) >= 11 is 6.70. The summed E-state index contributed by atoms with van der Waals surface area (Å²) in [5.74, 6) is -1.02. The van der Waals surface area contributed by atoms with Gasteiger partial charge in [0, 0.05) is 28.7 Å². The Bertz CT molecular complexity index is 1050. The molecule has 1 aromatic heterocycles. The minimum atomic E-state index is -0.687. The van der Waals surface area contributed by atoms with Crippen molar-refractivity contribution in [1.29, 1.82) is 0 Å². The fourth-order valence-electron chi connectivity index (χ4n) is 2.73. The summed E-state index contributed by atoms with van der Waals surface area (Å²) in [5, 5.41) is 0.776. The van der Waals surface area contributed by atoms with Crippen LogP contribution in [-0.4, -0.2) is 4.57 Å². The average molecular weight is 513 g/mol. The first kappa shape index (κ1) is 20.7. The highest BCUT2D eigenvalue weighted by atomic mass is 79.9. The molecule has 0 aliphatic heterocycles. The number of ether oxygens (including phenoxy) is 1. The topological polar surface area (TPSA) is 31.2 Å². The molecule has 0 aliphatic carbocycles. The molecule has 0 atom stereocenters. The van der Waals surface area contributed by atoms with Gasteiger partial charge in [-0.3, -0.25) is 4.79 Å². The van der Waals surface area contributed by atoms with Crippen molar-refractivity contribution < 1.29 is 13.5 Å². The molecule has 0 radical (unpaired) electrons. The van der Waals surface area contributed by atoms with E-state index in [9.17, 15) is 13.6 Å². The fourth-order valence-corrected chi connectivity index (χ4v) is 3.54. The molecule has 0 saturated heterocycles. The first-order valence-electron chi connectivity index (χ1n) is 8.49. The molecule has 28 heavy (non-hydrogen) atoms. The lowest BCUT2D eigenvalue weighted by molar-refractivity contribution is 0.296. The number of rotatable bonds is 6. The molecular formula is C21H17Br2F2NO2. The van der Waals surface area contributed by atoms with Gasteiger partial charge in [-0.1, -0.05) is 40.2 Å². The molecule has 146 valence electrons. The summed E-state index contributed by atoms with van der Waals surface area (Å²) < 4.78 is 34.3. The van der Waals surface area contributed by atoms with Gasteiger partial charge in [-0.2, -0.15) is 0 Å². The van der Waals surface area contributed by atoms with Crippen LogP contribution in [0.4, 0.5) is 8.78 Å². The molecule has 3 aromatic rings. The summed E-state index contributed by atoms with van der Waals surface area (Å²) in [7, 11) is 0. The second-order valence-electron chi connectivity index (χ2n) is 6.33. The number of halogens is 4. The number of aryl methyl sites for hydroxylation is 1. The van der Waals surface area contributed by atoms with E-state index in [1.807, 2.05) is 31.2 Å². The Hall–Kier alpha value is -1.99. The van der Waals surface area contributed by atoms with Crippen LogP contribution in [0, 0.1) is 18.6 Å². The van der Waals surface area contributed by atoms with E-state index in [0.717, 1.165) is 22.5 Å². The molecule has 7 heteroatoms. The molecule has 0 spiro atoms. The first-order chi connectivity index (χ1) is 13.4. The third-order valence-electron chi connectivity index (χ3n) is 4.33. The highest BCUT2D eigenvalue weighted by Gasteiger charge is 2.14. The van der Waals surface area contributed by atoms with Gasteiger partial charge in [0.25, 0.3) is 5.56 Å². The van der Waals surface area contributed by atoms with Gasteiger partial charge in [0.2, 0.25) is 0 Å². The highest BCUT2D eigenvalue weighted by molar-refractivity contribution is 9.10. The predicted octanol–water partition coefficient (Wildman–Crippen LogP) is 5.72. The molecule has 2 aromatic carbocycles. The lowest BCUT2D eigenvalue weighted by Crippen LogP contribution is -2.24. The molecule has 0 N–H and O–H groups in total. The maximum absolute atomic E-state index is 13.8. The van der Waals surface area contributed by atoms with Gasteiger partial charge in [0.05, 0.1) is 6.54 Å². The Morgan fingerprint density at radius 1 is 1.04 bits per heavy atom. The van der Waals surface area contributed by atoms with Crippen LogP contribution in [0.5, 0.6) is 5.75 Å². The number of pyridine rings is 1. The van der Waals surface area contributed by atoms with Crippen molar-refractivity contribution in [2.75, 3.05) is 0 Å². The number of hydrogen-bond donors (Lipinski definition) is 0. The monoisotopic (exact) mass is 511 g/mol. The predicted molar refractivity (Wildman–Crippen MR) is 112 cm³/mol. The quantitative estimate of drug-likeness (QED) is 0.395. The van der Waals surface area contributed by atoms with E-state index in [2.05, 4.69) is 31.9 Å². The van der Waals surface area contributed by atoms with Gasteiger partial charge in [-0.25, -0.2) is 8.78 Å². The minimum Gasteiger partial charge on any atom is -0.487 e. The SMILES string of the molecule is Cc1cc(OCc2ccc(F)cc2F)c(Br)c(=O)n1Cc1ccc(CBr)cc1. The van der Waals surface area contributed by atoms with Gasteiger partial charge in [-0.05, 0) is 46.1 Å². The molecule has 3 rings (SSSR count). The Morgan fingerprint density at radius 2 is 1.71 bits per heavy atom. The van der Waals surface area contributed by atoms with Crippen molar-refractivity contribution in [3.63, 3.8) is 0 Å². The smallest absolute Gasteiger partial charge is 0.269 e. The van der Waals surface area contributed by atoms with E-state index < -0.39 is 11.6 Å². The average Bonchev–Trinajstić information content (AvgIpc) is 2.68. The second-order valence-corrected chi connectivity index (χ2v) is 7.68. The van der Waals surface area contributed by atoms with E-state index in [1.54, 1.807) is 10.6 Å². The third-order valence-corrected chi connectivity index (χ3v) is 5.71. The molecular weight excluding hydrogens is 496 g/mol. The van der Waals surface area contributed by atoms with Gasteiger partial charge in [0.1, 0.15) is 28.5 Å². The Balaban J connectivity index is 1.82. The van der Waals surface area contributed by atoms with E-state index in [1.165, 1.54) is 12.1 Å². The summed E-state index contributed by atoms with van der Waals surface area (Å²) in [4.78, 5) is 12.8. The molecule has 1 heterocycles. The van der Waals surface area contributed by atoms with E-state index in [4.69, 9.17) is 4.74 Å². The lowest BCUT2D eigenvalue weighted by atomic mass is 10.1. The minimum absolute atomic E-state index is 0.110. The summed E-state index contributed by atoms with van der Waals surface area (Å²) in [6.45, 7) is 2.13. The normalized spacial score (nSPS) is 10.9. The van der Waals surface area contributed by atoms with E-state index in [-0.39, 0.29) is 22.2 Å². The zero-order valence-corrected chi connectivity index (χ0v) is 18.2. The molecule has 0 amide bonds. The standard InChI is InChI=1S/C21H17Br2F2NO2/c1-13-8-19(28-12-16-6-7-17(24)9-18(16)25)20(23)21(27)26(13)11-15-4-2-14(10-22)3-5-15/h2-9H,10-12H2,1H3. The number of benzene rings is 2. The first-order valence-corrected chi connectivity index (χ1v) is 10.4. The number of nitrogens with zero attached hydrogens (tertiary/aromatic N) is 1. The van der Waals surface area contributed by atoms with Crippen LogP contribution in [0.15, 0.2) is 57.8 Å². The molecule has 0 unspecified atom stereocenters. The zero-order valence-electron chi connectivity index (χ0n) is 15.0. The maximum atomic E-state index is 13.8. The molecule has 3 nitrogen and oxygen atoms in total. The Labute approximate surface area is 178 Å². The summed E-state index contributed by atoms with van der Waals surface area (Å²) in [5.41, 5.74) is 2.85. The van der Waals surface area contributed by atoms with Crippen LogP contribution in [-0.2, 0) is 18.5 Å². The van der Waals surface area contributed by atoms with Crippen LogP contribution in [0.3, 0.4) is 0 Å². The molecule has 0 saturated carbocycles. The van der Waals surface area contributed by atoms with Crippen molar-refractivity contribution >= 4 is 31.9 Å². The van der Waals surface area contributed by atoms with Gasteiger partial charge < -0.3 is 9.30 Å². The number of alkyl halides is 1. The maximum Gasteiger partial charge on any atom is 0.269 e. The largest absolute Gasteiger partial charge is 0.487 e. The second kappa shape index (κ2) is 9.01. The Kier molecular flexibility index (Phi) is 6.67. The van der Waals surface area contributed by atoms with Crippen LogP contribution < -0.4 is 10.3 Å². The van der Waals surface area contributed by atoms with Crippen LogP contribution >= 0.6 is 31.9 Å². The number of hydrogen-bond acceptors (Lipinski definition) is 2. The van der Waals surface area contributed by atoms with Crippen molar-refractivity contribution in [2.45, 2.75) is 25.4 Å². The van der Waals surface area contributed by atoms with E-state index in [0.29, 0.717) is 18.0 Å². The molecule has 0 fully saturated rings. The highest BCUT2D eigenvalue weighted by Crippen LogP contribution is 2.24. The van der Waals surface area contributed by atoms with Gasteiger partial charge in [0.15, 0.2) is 0 Å². The van der Waals surface area contributed by atoms with Crippen LogP contribution in [0.2, 0.25) is 0 Å². The summed E-state index contributed by atoms with van der Waals surface area (Å²) in [6, 6.07) is 13.0. The van der Waals surface area contributed by atoms with Gasteiger partial charge in [-0.15, -0.1) is 0 Å². The molecule has 0 aliphatic rings. The lowest BCUT2D eigenvalue weighted by Gasteiger charge is -2.15. The Morgan fingerprint density at radius 3 is 2.36 bits per heavy atom. The summed E-state index contributed by atoms with van der Waals surface area (Å²) in [6.07, 6.45) is 0. The molecule has 0 bridgehead atoms. The van der Waals surface area contributed by atoms with E-state index >= 15 is 0 Å². The van der Waals surface area contributed by atoms with Crippen molar-refractivity contribution in [2.24, 2.45) is 0 Å². The number of aromatic nitrogens is 1. The third kappa shape index (κ3) is 4.70. The van der Waals surface area contributed by atoms with Crippen LogP contribution in [0.1, 0.15) is 22.4 Å². The van der Waals surface area contributed by atoms with Crippen molar-refractivity contribution in [1.82, 2.24) is 4.57 Å². The van der Waals surface area contributed by atoms with Crippen LogP contribution in [0.25, 0.3) is 0 Å². The fraction of sp³-hybridized carbons (Fsp3) is 0.190. The zero-order chi connectivity index (χ0) is 20.3. The van der Waals surface area contributed by atoms with Crippen molar-refractivity contribution in [3.05, 3.63) is 97.4 Å². The van der Waals surface area contributed by atoms with Crippen molar-refractivity contribution in [3.8, 4) is 5.75 Å². The van der Waals surface area contributed by atoms with Gasteiger partial charge >= 0.3 is 0 Å².